The van der Waals surface area contributed by atoms with E-state index in [0.717, 1.165) is 19.3 Å². The maximum atomic E-state index is 10.7. The summed E-state index contributed by atoms with van der Waals surface area (Å²) in [6.07, 6.45) is 2.94. The van der Waals surface area contributed by atoms with Crippen LogP contribution in [0.15, 0.2) is 0 Å². The van der Waals surface area contributed by atoms with Crippen LogP contribution in [0.3, 0.4) is 0 Å². The Bertz CT molecular complexity index is 169. The van der Waals surface area contributed by atoms with Crippen molar-refractivity contribution in [3.8, 4) is 0 Å². The SMILES string of the molecule is O=C(O)C1CCCC1OCCCO. The number of carboxylic acid groups (broad SMARTS) is 1. The molecule has 0 amide bonds. The molecule has 0 bridgehead atoms. The summed E-state index contributed by atoms with van der Waals surface area (Å²) in [6.45, 7) is 0.565. The van der Waals surface area contributed by atoms with Gasteiger partial charge in [-0.05, 0) is 25.7 Å². The minimum Gasteiger partial charge on any atom is -0.481 e. The van der Waals surface area contributed by atoms with Crippen molar-refractivity contribution in [3.63, 3.8) is 0 Å². The van der Waals surface area contributed by atoms with Crippen LogP contribution in [0.25, 0.3) is 0 Å². The normalized spacial score (nSPS) is 27.8. The van der Waals surface area contributed by atoms with Crippen molar-refractivity contribution in [2.75, 3.05) is 13.2 Å². The van der Waals surface area contributed by atoms with E-state index in [4.69, 9.17) is 14.9 Å². The van der Waals surface area contributed by atoms with Crippen LogP contribution in [0, 0.1) is 5.92 Å². The summed E-state index contributed by atoms with van der Waals surface area (Å²) in [4.78, 5) is 10.7. The summed E-state index contributed by atoms with van der Waals surface area (Å²) < 4.78 is 5.38. The van der Waals surface area contributed by atoms with Crippen molar-refractivity contribution in [2.24, 2.45) is 5.92 Å². The third-order valence-electron chi connectivity index (χ3n) is 2.40. The molecule has 0 aromatic heterocycles. The minimum absolute atomic E-state index is 0.102. The van der Waals surface area contributed by atoms with Gasteiger partial charge < -0.3 is 14.9 Å². The molecule has 2 atom stereocenters. The quantitative estimate of drug-likeness (QED) is 0.621. The Hall–Kier alpha value is -0.610. The van der Waals surface area contributed by atoms with E-state index in [-0.39, 0.29) is 18.6 Å². The van der Waals surface area contributed by atoms with Gasteiger partial charge in [-0.1, -0.05) is 0 Å². The second-order valence-electron chi connectivity index (χ2n) is 3.36. The van der Waals surface area contributed by atoms with E-state index in [2.05, 4.69) is 0 Å². The first-order valence-corrected chi connectivity index (χ1v) is 4.71. The fourth-order valence-electron chi connectivity index (χ4n) is 1.71. The predicted octanol–water partition coefficient (Wildman–Crippen LogP) is 0.639. The number of carboxylic acids is 1. The first-order chi connectivity index (χ1) is 6.25. The molecule has 0 heterocycles. The lowest BCUT2D eigenvalue weighted by molar-refractivity contribution is -0.146. The number of carbonyl (C=O) groups is 1. The number of hydrogen-bond donors (Lipinski definition) is 2. The molecule has 0 aromatic carbocycles. The van der Waals surface area contributed by atoms with E-state index in [1.165, 1.54) is 0 Å². The number of rotatable bonds is 5. The summed E-state index contributed by atoms with van der Waals surface area (Å²) in [5.41, 5.74) is 0. The minimum atomic E-state index is -0.758. The molecule has 0 saturated heterocycles. The summed E-state index contributed by atoms with van der Waals surface area (Å²) in [5, 5.41) is 17.3. The Morgan fingerprint density at radius 2 is 2.23 bits per heavy atom. The lowest BCUT2D eigenvalue weighted by atomic mass is 10.1. The Balaban J connectivity index is 2.27. The van der Waals surface area contributed by atoms with Gasteiger partial charge in [-0.3, -0.25) is 4.79 Å². The molecule has 0 aliphatic heterocycles. The smallest absolute Gasteiger partial charge is 0.309 e. The van der Waals surface area contributed by atoms with Crippen molar-refractivity contribution in [3.05, 3.63) is 0 Å². The van der Waals surface area contributed by atoms with Crippen molar-refractivity contribution in [1.29, 1.82) is 0 Å². The van der Waals surface area contributed by atoms with Crippen LogP contribution in [0.5, 0.6) is 0 Å². The van der Waals surface area contributed by atoms with Crippen LogP contribution < -0.4 is 0 Å². The summed E-state index contributed by atoms with van der Waals surface area (Å²) in [7, 11) is 0. The van der Waals surface area contributed by atoms with Gasteiger partial charge in [0.05, 0.1) is 12.0 Å². The van der Waals surface area contributed by atoms with E-state index in [0.29, 0.717) is 13.0 Å². The molecule has 1 rings (SSSR count). The highest BCUT2D eigenvalue weighted by Crippen LogP contribution is 2.28. The second kappa shape index (κ2) is 5.19. The largest absolute Gasteiger partial charge is 0.481 e. The van der Waals surface area contributed by atoms with E-state index in [1.807, 2.05) is 0 Å². The van der Waals surface area contributed by atoms with Crippen LogP contribution in [0.2, 0.25) is 0 Å². The van der Waals surface area contributed by atoms with E-state index in [9.17, 15) is 4.79 Å². The molecule has 2 N–H and O–H groups in total. The highest BCUT2D eigenvalue weighted by atomic mass is 16.5. The Morgan fingerprint density at radius 1 is 1.46 bits per heavy atom. The van der Waals surface area contributed by atoms with Crippen molar-refractivity contribution in [2.45, 2.75) is 31.8 Å². The highest BCUT2D eigenvalue weighted by Gasteiger charge is 2.33. The molecule has 4 nitrogen and oxygen atoms in total. The lowest BCUT2D eigenvalue weighted by Crippen LogP contribution is -2.25. The molecule has 1 fully saturated rings. The molecule has 0 spiro atoms. The zero-order chi connectivity index (χ0) is 9.68. The monoisotopic (exact) mass is 188 g/mol. The first-order valence-electron chi connectivity index (χ1n) is 4.71. The van der Waals surface area contributed by atoms with Crippen LogP contribution in [0.1, 0.15) is 25.7 Å². The van der Waals surface area contributed by atoms with Gasteiger partial charge in [0, 0.05) is 13.2 Å². The van der Waals surface area contributed by atoms with Crippen molar-refractivity contribution in [1.82, 2.24) is 0 Å². The molecular weight excluding hydrogens is 172 g/mol. The van der Waals surface area contributed by atoms with Gasteiger partial charge in [0.1, 0.15) is 0 Å². The third-order valence-corrected chi connectivity index (χ3v) is 2.40. The standard InChI is InChI=1S/C9H16O4/c10-5-2-6-13-8-4-1-3-7(8)9(11)12/h7-8,10H,1-6H2,(H,11,12). The summed E-state index contributed by atoms with van der Waals surface area (Å²) in [6, 6.07) is 0. The molecule has 1 aliphatic rings. The van der Waals surface area contributed by atoms with Crippen LogP contribution in [-0.4, -0.2) is 35.5 Å². The zero-order valence-corrected chi connectivity index (χ0v) is 7.61. The van der Waals surface area contributed by atoms with Gasteiger partial charge in [0.2, 0.25) is 0 Å². The first kappa shape index (κ1) is 10.5. The van der Waals surface area contributed by atoms with Gasteiger partial charge in [-0.2, -0.15) is 0 Å². The van der Waals surface area contributed by atoms with Gasteiger partial charge in [-0.25, -0.2) is 0 Å². The van der Waals surface area contributed by atoms with Crippen molar-refractivity contribution < 1.29 is 19.7 Å². The number of aliphatic hydroxyl groups excluding tert-OH is 1. The number of hydrogen-bond acceptors (Lipinski definition) is 3. The lowest BCUT2D eigenvalue weighted by Gasteiger charge is -2.16. The number of aliphatic carboxylic acids is 1. The van der Waals surface area contributed by atoms with Crippen molar-refractivity contribution >= 4 is 5.97 Å². The van der Waals surface area contributed by atoms with E-state index in [1.54, 1.807) is 0 Å². The highest BCUT2D eigenvalue weighted by molar-refractivity contribution is 5.71. The van der Waals surface area contributed by atoms with E-state index >= 15 is 0 Å². The van der Waals surface area contributed by atoms with Gasteiger partial charge in [-0.15, -0.1) is 0 Å². The van der Waals surface area contributed by atoms with Crippen LogP contribution in [-0.2, 0) is 9.53 Å². The molecular formula is C9H16O4. The Labute approximate surface area is 77.5 Å². The second-order valence-corrected chi connectivity index (χ2v) is 3.36. The molecule has 0 aromatic rings. The fourth-order valence-corrected chi connectivity index (χ4v) is 1.71. The number of ether oxygens (including phenoxy) is 1. The average Bonchev–Trinajstić information content (AvgIpc) is 2.53. The molecule has 13 heavy (non-hydrogen) atoms. The molecule has 2 unspecified atom stereocenters. The fraction of sp³-hybridized carbons (Fsp3) is 0.889. The zero-order valence-electron chi connectivity index (χ0n) is 7.61. The average molecular weight is 188 g/mol. The topological polar surface area (TPSA) is 66.8 Å². The van der Waals surface area contributed by atoms with Gasteiger partial charge >= 0.3 is 5.97 Å². The third kappa shape index (κ3) is 2.97. The Morgan fingerprint density at radius 3 is 2.85 bits per heavy atom. The molecule has 76 valence electrons. The summed E-state index contributed by atoms with van der Waals surface area (Å²) in [5.74, 6) is -1.09. The molecule has 0 radical (unpaired) electrons. The maximum absolute atomic E-state index is 10.7. The summed E-state index contributed by atoms with van der Waals surface area (Å²) >= 11 is 0. The molecule has 4 heteroatoms. The van der Waals surface area contributed by atoms with Crippen LogP contribution in [0.4, 0.5) is 0 Å². The van der Waals surface area contributed by atoms with Crippen LogP contribution >= 0.6 is 0 Å². The van der Waals surface area contributed by atoms with Gasteiger partial charge in [0.25, 0.3) is 0 Å². The maximum Gasteiger partial charge on any atom is 0.309 e. The Kier molecular flexibility index (Phi) is 4.18. The molecule has 1 saturated carbocycles. The van der Waals surface area contributed by atoms with Gasteiger partial charge in [0.15, 0.2) is 0 Å². The predicted molar refractivity (Wildman–Crippen MR) is 46.4 cm³/mol. The number of aliphatic hydroxyl groups is 1. The van der Waals surface area contributed by atoms with E-state index < -0.39 is 5.97 Å². The molecule has 1 aliphatic carbocycles.